The smallest absolute Gasteiger partial charge is 0.126 e. The van der Waals surface area contributed by atoms with Crippen LogP contribution in [0.5, 0.6) is 0 Å². The Kier molecular flexibility index (Phi) is 9.47. The lowest BCUT2D eigenvalue weighted by atomic mass is 9.67. The van der Waals surface area contributed by atoms with Crippen molar-refractivity contribution in [1.82, 2.24) is 0 Å². The van der Waals surface area contributed by atoms with Crippen molar-refractivity contribution in [3.05, 3.63) is 35.4 Å². The van der Waals surface area contributed by atoms with E-state index in [0.29, 0.717) is 5.92 Å². The molecule has 0 radical (unpaired) electrons. The molecule has 2 aliphatic rings. The Bertz CT molecular complexity index is 600. The third-order valence-corrected chi connectivity index (χ3v) is 8.47. The number of hydrogen-bond acceptors (Lipinski definition) is 1. The fourth-order valence-corrected chi connectivity index (χ4v) is 6.22. The van der Waals surface area contributed by atoms with E-state index < -0.39 is 0 Å². The molecule has 0 spiro atoms. The molecule has 1 heteroatoms. The number of carbonyl (C=O) groups is 1. The van der Waals surface area contributed by atoms with E-state index in [-0.39, 0.29) is 5.41 Å². The first-order valence-electron chi connectivity index (χ1n) is 13.2. The van der Waals surface area contributed by atoms with Gasteiger partial charge in [-0.2, -0.15) is 0 Å². The first-order chi connectivity index (χ1) is 14.7. The first-order valence-corrected chi connectivity index (χ1v) is 13.2. The molecular weight excluding hydrogens is 364 g/mol. The average molecular weight is 411 g/mol. The summed E-state index contributed by atoms with van der Waals surface area (Å²) in [4.78, 5) is 11.8. The van der Waals surface area contributed by atoms with E-state index >= 15 is 0 Å². The predicted molar refractivity (Wildman–Crippen MR) is 129 cm³/mol. The molecule has 0 aliphatic heterocycles. The number of carbonyl (C=O) groups excluding carboxylic acids is 1. The molecule has 0 amide bonds. The van der Waals surface area contributed by atoms with Gasteiger partial charge in [0.05, 0.1) is 0 Å². The van der Waals surface area contributed by atoms with Crippen molar-refractivity contribution in [2.24, 2.45) is 17.3 Å². The van der Waals surface area contributed by atoms with Gasteiger partial charge in [0, 0.05) is 5.41 Å². The minimum atomic E-state index is -0.0122. The summed E-state index contributed by atoms with van der Waals surface area (Å²) in [6.45, 7) is 4.57. The number of aldehydes is 1. The van der Waals surface area contributed by atoms with Gasteiger partial charge in [-0.15, -0.1) is 0 Å². The van der Waals surface area contributed by atoms with Crippen LogP contribution in [0, 0.1) is 17.3 Å². The van der Waals surface area contributed by atoms with Crippen molar-refractivity contribution in [2.45, 2.75) is 122 Å². The summed E-state index contributed by atoms with van der Waals surface area (Å²) in [6.07, 6.45) is 22.0. The molecule has 0 N–H and O–H groups in total. The summed E-state index contributed by atoms with van der Waals surface area (Å²) >= 11 is 0. The molecule has 1 aromatic carbocycles. The van der Waals surface area contributed by atoms with E-state index in [0.717, 1.165) is 31.1 Å². The van der Waals surface area contributed by atoms with Gasteiger partial charge in [0.25, 0.3) is 0 Å². The van der Waals surface area contributed by atoms with Crippen molar-refractivity contribution in [3.63, 3.8) is 0 Å². The Balaban J connectivity index is 1.42. The molecule has 0 atom stereocenters. The standard InChI is InChI=1S/C29H46O/c1-3-5-6-20-29(23-30)21-18-28(19-22-29)27-16-14-26(15-17-27)13-12-25-10-8-24(7-4-2)9-11-25/h14-17,23-25,28H,3-13,18-22H2,1-2H3. The van der Waals surface area contributed by atoms with E-state index in [1.54, 1.807) is 0 Å². The van der Waals surface area contributed by atoms with Crippen LogP contribution in [0.3, 0.4) is 0 Å². The molecule has 2 fully saturated rings. The number of hydrogen-bond donors (Lipinski definition) is 0. The van der Waals surface area contributed by atoms with Gasteiger partial charge in [-0.05, 0) is 73.8 Å². The molecule has 2 saturated carbocycles. The molecule has 0 aromatic heterocycles. The van der Waals surface area contributed by atoms with Gasteiger partial charge in [-0.25, -0.2) is 0 Å². The topological polar surface area (TPSA) is 17.1 Å². The van der Waals surface area contributed by atoms with E-state index in [9.17, 15) is 4.79 Å². The van der Waals surface area contributed by atoms with E-state index in [1.165, 1.54) is 101 Å². The Hall–Kier alpha value is -1.11. The molecule has 3 rings (SSSR count). The summed E-state index contributed by atoms with van der Waals surface area (Å²) in [7, 11) is 0. The highest BCUT2D eigenvalue weighted by atomic mass is 16.1. The van der Waals surface area contributed by atoms with Crippen molar-refractivity contribution in [2.75, 3.05) is 0 Å². The number of benzene rings is 1. The van der Waals surface area contributed by atoms with Crippen molar-refractivity contribution >= 4 is 6.29 Å². The second kappa shape index (κ2) is 12.1. The maximum absolute atomic E-state index is 11.8. The maximum Gasteiger partial charge on any atom is 0.126 e. The fourth-order valence-electron chi connectivity index (χ4n) is 6.22. The van der Waals surface area contributed by atoms with Gasteiger partial charge in [0.15, 0.2) is 0 Å². The highest BCUT2D eigenvalue weighted by molar-refractivity contribution is 5.59. The van der Waals surface area contributed by atoms with Crippen LogP contribution in [0.4, 0.5) is 0 Å². The second-order valence-corrected chi connectivity index (χ2v) is 10.7. The van der Waals surface area contributed by atoms with E-state index in [1.807, 2.05) is 0 Å². The Morgan fingerprint density at radius 1 is 0.833 bits per heavy atom. The minimum absolute atomic E-state index is 0.0122. The summed E-state index contributed by atoms with van der Waals surface area (Å²) < 4.78 is 0. The Labute approximate surface area is 186 Å². The molecule has 2 aliphatic carbocycles. The van der Waals surface area contributed by atoms with Gasteiger partial charge in [-0.1, -0.05) is 95.9 Å². The lowest BCUT2D eigenvalue weighted by molar-refractivity contribution is -0.118. The summed E-state index contributed by atoms with van der Waals surface area (Å²) in [5.41, 5.74) is 3.01. The van der Waals surface area contributed by atoms with Crippen LogP contribution in [0.2, 0.25) is 0 Å². The van der Waals surface area contributed by atoms with Crippen LogP contribution in [-0.2, 0) is 11.2 Å². The lowest BCUT2D eigenvalue weighted by Gasteiger charge is -2.36. The van der Waals surface area contributed by atoms with Crippen LogP contribution in [0.25, 0.3) is 0 Å². The van der Waals surface area contributed by atoms with Crippen LogP contribution in [-0.4, -0.2) is 6.29 Å². The Morgan fingerprint density at radius 3 is 2.03 bits per heavy atom. The van der Waals surface area contributed by atoms with E-state index in [2.05, 4.69) is 38.1 Å². The summed E-state index contributed by atoms with van der Waals surface area (Å²) in [5.74, 6) is 2.64. The van der Waals surface area contributed by atoms with Crippen molar-refractivity contribution in [3.8, 4) is 0 Å². The number of aryl methyl sites for hydroxylation is 1. The quantitative estimate of drug-likeness (QED) is 0.263. The van der Waals surface area contributed by atoms with Crippen LogP contribution in [0.1, 0.15) is 127 Å². The third-order valence-electron chi connectivity index (χ3n) is 8.47. The largest absolute Gasteiger partial charge is 0.303 e. The number of rotatable bonds is 11. The van der Waals surface area contributed by atoms with Crippen LogP contribution < -0.4 is 0 Å². The zero-order valence-electron chi connectivity index (χ0n) is 19.8. The molecule has 0 saturated heterocycles. The van der Waals surface area contributed by atoms with Gasteiger partial charge in [0.2, 0.25) is 0 Å². The van der Waals surface area contributed by atoms with Crippen molar-refractivity contribution < 1.29 is 4.79 Å². The lowest BCUT2D eigenvalue weighted by Crippen LogP contribution is -2.28. The SMILES string of the molecule is CCCCCC1(C=O)CCC(c2ccc(CCC3CCC(CCC)CC3)cc2)CC1. The summed E-state index contributed by atoms with van der Waals surface area (Å²) in [6, 6.07) is 9.56. The Morgan fingerprint density at radius 2 is 1.47 bits per heavy atom. The van der Waals surface area contributed by atoms with Gasteiger partial charge < -0.3 is 4.79 Å². The molecule has 0 heterocycles. The zero-order chi connectivity index (χ0) is 21.2. The van der Waals surface area contributed by atoms with Gasteiger partial charge in [0.1, 0.15) is 6.29 Å². The highest BCUT2D eigenvalue weighted by Crippen LogP contribution is 2.45. The molecule has 1 nitrogen and oxygen atoms in total. The van der Waals surface area contributed by atoms with E-state index in [4.69, 9.17) is 0 Å². The maximum atomic E-state index is 11.8. The monoisotopic (exact) mass is 410 g/mol. The molecule has 1 aromatic rings. The second-order valence-electron chi connectivity index (χ2n) is 10.7. The first kappa shape index (κ1) is 23.6. The highest BCUT2D eigenvalue weighted by Gasteiger charge is 2.35. The van der Waals surface area contributed by atoms with Crippen molar-refractivity contribution in [1.29, 1.82) is 0 Å². The van der Waals surface area contributed by atoms with Crippen LogP contribution in [0.15, 0.2) is 24.3 Å². The molecule has 0 bridgehead atoms. The summed E-state index contributed by atoms with van der Waals surface area (Å²) in [5, 5.41) is 0. The third kappa shape index (κ3) is 6.69. The van der Waals surface area contributed by atoms with Gasteiger partial charge in [-0.3, -0.25) is 0 Å². The molecule has 168 valence electrons. The van der Waals surface area contributed by atoms with Crippen LogP contribution >= 0.6 is 0 Å². The number of unbranched alkanes of at least 4 members (excludes halogenated alkanes) is 2. The average Bonchev–Trinajstić information content (AvgIpc) is 2.80. The predicted octanol–water partition coefficient (Wildman–Crippen LogP) is 8.65. The van der Waals surface area contributed by atoms with Gasteiger partial charge >= 0.3 is 0 Å². The fraction of sp³-hybridized carbons (Fsp3) is 0.759. The zero-order valence-corrected chi connectivity index (χ0v) is 19.8. The molecule has 30 heavy (non-hydrogen) atoms. The molecule has 0 unspecified atom stereocenters. The normalized spacial score (nSPS) is 29.6. The minimum Gasteiger partial charge on any atom is -0.303 e. The molecular formula is C29H46O.